The summed E-state index contributed by atoms with van der Waals surface area (Å²) in [5, 5.41) is 3.33. The van der Waals surface area contributed by atoms with Crippen molar-refractivity contribution in [2.45, 2.75) is 32.7 Å². The Morgan fingerprint density at radius 1 is 1.31 bits per heavy atom. The fraction of sp³-hybridized carbons (Fsp3) is 0.917. The molecule has 1 rings (SSSR count). The molecule has 0 amide bonds. The number of hydrogen-bond donors (Lipinski definition) is 1. The van der Waals surface area contributed by atoms with E-state index in [1.807, 2.05) is 6.92 Å². The van der Waals surface area contributed by atoms with Crippen molar-refractivity contribution in [2.24, 2.45) is 5.92 Å². The van der Waals surface area contributed by atoms with Gasteiger partial charge in [0.05, 0.1) is 13.0 Å². The van der Waals surface area contributed by atoms with E-state index in [1.54, 1.807) is 0 Å². The van der Waals surface area contributed by atoms with Crippen LogP contribution in [0.2, 0.25) is 0 Å². The summed E-state index contributed by atoms with van der Waals surface area (Å²) in [6.07, 6.45) is 2.64. The lowest BCUT2D eigenvalue weighted by Gasteiger charge is -2.24. The zero-order valence-electron chi connectivity index (χ0n) is 10.7. The van der Waals surface area contributed by atoms with Crippen LogP contribution >= 0.6 is 0 Å². The molecule has 2 unspecified atom stereocenters. The standard InChI is InChI=1S/C12H24N2O2/c1-10(12(15)16-3)8-13-9-11(2)14-6-4-5-7-14/h10-11,13H,4-9H2,1-3H3. The Labute approximate surface area is 98.3 Å². The lowest BCUT2D eigenvalue weighted by molar-refractivity contribution is -0.144. The summed E-state index contributed by atoms with van der Waals surface area (Å²) in [6.45, 7) is 8.21. The Kier molecular flexibility index (Phi) is 5.77. The number of esters is 1. The highest BCUT2D eigenvalue weighted by atomic mass is 16.5. The molecule has 16 heavy (non-hydrogen) atoms. The number of likely N-dealkylation sites (tertiary alicyclic amines) is 1. The average Bonchev–Trinajstić information content (AvgIpc) is 2.81. The van der Waals surface area contributed by atoms with Gasteiger partial charge in [0.2, 0.25) is 0 Å². The lowest BCUT2D eigenvalue weighted by Crippen LogP contribution is -2.40. The number of nitrogens with zero attached hydrogens (tertiary/aromatic N) is 1. The van der Waals surface area contributed by atoms with E-state index < -0.39 is 0 Å². The SMILES string of the molecule is COC(=O)C(C)CNCC(C)N1CCCC1. The normalized spacial score (nSPS) is 20.7. The second kappa shape index (κ2) is 6.86. The summed E-state index contributed by atoms with van der Waals surface area (Å²) in [7, 11) is 1.44. The van der Waals surface area contributed by atoms with Crippen molar-refractivity contribution in [3.63, 3.8) is 0 Å². The highest BCUT2D eigenvalue weighted by molar-refractivity contribution is 5.71. The number of carbonyl (C=O) groups excluding carboxylic acids is 1. The number of hydrogen-bond acceptors (Lipinski definition) is 4. The van der Waals surface area contributed by atoms with Gasteiger partial charge in [-0.2, -0.15) is 0 Å². The third-order valence-corrected chi connectivity index (χ3v) is 3.26. The average molecular weight is 228 g/mol. The molecule has 1 aliphatic rings. The number of rotatable bonds is 6. The van der Waals surface area contributed by atoms with E-state index in [-0.39, 0.29) is 11.9 Å². The van der Waals surface area contributed by atoms with Gasteiger partial charge in [-0.25, -0.2) is 0 Å². The van der Waals surface area contributed by atoms with Crippen LogP contribution in [0.1, 0.15) is 26.7 Å². The Morgan fingerprint density at radius 3 is 2.50 bits per heavy atom. The van der Waals surface area contributed by atoms with Crippen molar-refractivity contribution in [1.82, 2.24) is 10.2 Å². The molecule has 2 atom stereocenters. The summed E-state index contributed by atoms with van der Waals surface area (Å²) in [4.78, 5) is 13.7. The van der Waals surface area contributed by atoms with Gasteiger partial charge in [-0.15, -0.1) is 0 Å². The van der Waals surface area contributed by atoms with E-state index in [4.69, 9.17) is 0 Å². The third kappa shape index (κ3) is 4.10. The van der Waals surface area contributed by atoms with Crippen molar-refractivity contribution < 1.29 is 9.53 Å². The van der Waals surface area contributed by atoms with Crippen molar-refractivity contribution in [1.29, 1.82) is 0 Å². The number of nitrogens with one attached hydrogen (secondary N) is 1. The summed E-state index contributed by atoms with van der Waals surface area (Å²) in [5.41, 5.74) is 0. The molecular formula is C12H24N2O2. The van der Waals surface area contributed by atoms with Gasteiger partial charge in [-0.05, 0) is 32.9 Å². The van der Waals surface area contributed by atoms with E-state index in [1.165, 1.54) is 33.0 Å². The molecule has 1 N–H and O–H groups in total. The molecular weight excluding hydrogens is 204 g/mol. The van der Waals surface area contributed by atoms with Gasteiger partial charge in [-0.1, -0.05) is 6.92 Å². The van der Waals surface area contributed by atoms with E-state index in [2.05, 4.69) is 21.9 Å². The van der Waals surface area contributed by atoms with Crippen LogP contribution in [-0.2, 0) is 9.53 Å². The van der Waals surface area contributed by atoms with E-state index in [0.29, 0.717) is 12.6 Å². The van der Waals surface area contributed by atoms with Crippen LogP contribution in [-0.4, -0.2) is 50.2 Å². The molecule has 4 heteroatoms. The maximum absolute atomic E-state index is 11.2. The predicted octanol–water partition coefficient (Wildman–Crippen LogP) is 0.869. The molecule has 1 heterocycles. The topological polar surface area (TPSA) is 41.6 Å². The van der Waals surface area contributed by atoms with E-state index >= 15 is 0 Å². The highest BCUT2D eigenvalue weighted by Crippen LogP contribution is 2.10. The summed E-state index contributed by atoms with van der Waals surface area (Å²) in [6, 6.07) is 0.562. The van der Waals surface area contributed by atoms with Crippen LogP contribution < -0.4 is 5.32 Å². The Balaban J connectivity index is 2.12. The van der Waals surface area contributed by atoms with Crippen molar-refractivity contribution in [3.8, 4) is 0 Å². The molecule has 0 aromatic rings. The minimum absolute atomic E-state index is 0.0595. The number of ether oxygens (including phenoxy) is 1. The van der Waals surface area contributed by atoms with Gasteiger partial charge in [0.15, 0.2) is 0 Å². The monoisotopic (exact) mass is 228 g/mol. The quantitative estimate of drug-likeness (QED) is 0.685. The smallest absolute Gasteiger partial charge is 0.309 e. The molecule has 0 aliphatic carbocycles. The molecule has 0 saturated carbocycles. The maximum atomic E-state index is 11.2. The molecule has 1 aliphatic heterocycles. The first-order valence-electron chi connectivity index (χ1n) is 6.17. The third-order valence-electron chi connectivity index (χ3n) is 3.26. The molecule has 0 radical (unpaired) electrons. The Hall–Kier alpha value is -0.610. The van der Waals surface area contributed by atoms with Crippen LogP contribution in [0.4, 0.5) is 0 Å². The van der Waals surface area contributed by atoms with Crippen LogP contribution in [0.3, 0.4) is 0 Å². The van der Waals surface area contributed by atoms with Crippen molar-refractivity contribution in [2.75, 3.05) is 33.3 Å². The van der Waals surface area contributed by atoms with Gasteiger partial charge in [0.25, 0.3) is 0 Å². The zero-order chi connectivity index (χ0) is 12.0. The summed E-state index contributed by atoms with van der Waals surface area (Å²) >= 11 is 0. The molecule has 1 fully saturated rings. The van der Waals surface area contributed by atoms with Crippen LogP contribution in [0.15, 0.2) is 0 Å². The van der Waals surface area contributed by atoms with Crippen molar-refractivity contribution in [3.05, 3.63) is 0 Å². The predicted molar refractivity (Wildman–Crippen MR) is 64.3 cm³/mol. The van der Waals surface area contributed by atoms with Crippen LogP contribution in [0.25, 0.3) is 0 Å². The summed E-state index contributed by atoms with van der Waals surface area (Å²) in [5.74, 6) is -0.197. The van der Waals surface area contributed by atoms with E-state index in [0.717, 1.165) is 6.54 Å². The first-order chi connectivity index (χ1) is 7.65. The minimum Gasteiger partial charge on any atom is -0.469 e. The zero-order valence-corrected chi connectivity index (χ0v) is 10.7. The van der Waals surface area contributed by atoms with Crippen LogP contribution in [0.5, 0.6) is 0 Å². The number of carbonyl (C=O) groups is 1. The maximum Gasteiger partial charge on any atom is 0.309 e. The Bertz CT molecular complexity index is 215. The molecule has 0 spiro atoms. The first kappa shape index (κ1) is 13.5. The largest absolute Gasteiger partial charge is 0.469 e. The lowest BCUT2D eigenvalue weighted by atomic mass is 10.2. The van der Waals surface area contributed by atoms with Gasteiger partial charge in [0, 0.05) is 19.1 Å². The highest BCUT2D eigenvalue weighted by Gasteiger charge is 2.18. The molecule has 0 aromatic heterocycles. The van der Waals surface area contributed by atoms with Crippen LogP contribution in [0, 0.1) is 5.92 Å². The fourth-order valence-electron chi connectivity index (χ4n) is 2.10. The first-order valence-corrected chi connectivity index (χ1v) is 6.17. The molecule has 1 saturated heterocycles. The molecule has 4 nitrogen and oxygen atoms in total. The number of methoxy groups -OCH3 is 1. The Morgan fingerprint density at radius 2 is 1.94 bits per heavy atom. The molecule has 94 valence electrons. The van der Waals surface area contributed by atoms with Gasteiger partial charge < -0.3 is 10.1 Å². The van der Waals surface area contributed by atoms with Gasteiger partial charge in [-0.3, -0.25) is 9.69 Å². The van der Waals surface area contributed by atoms with E-state index in [9.17, 15) is 4.79 Å². The second-order valence-electron chi connectivity index (χ2n) is 4.67. The summed E-state index contributed by atoms with van der Waals surface area (Å²) < 4.78 is 4.68. The van der Waals surface area contributed by atoms with Gasteiger partial charge in [0.1, 0.15) is 0 Å². The molecule has 0 bridgehead atoms. The molecule has 0 aromatic carbocycles. The fourth-order valence-corrected chi connectivity index (χ4v) is 2.10. The minimum atomic E-state index is -0.138. The second-order valence-corrected chi connectivity index (χ2v) is 4.67. The van der Waals surface area contributed by atoms with Gasteiger partial charge >= 0.3 is 5.97 Å². The van der Waals surface area contributed by atoms with Crippen molar-refractivity contribution >= 4 is 5.97 Å².